The van der Waals surface area contributed by atoms with Gasteiger partial charge in [0.15, 0.2) is 23.0 Å². The first-order valence-electron chi connectivity index (χ1n) is 16.2. The number of benzene rings is 2. The maximum atomic E-state index is 14.4. The number of phenolic OH excluding ortho intramolecular Hbond substituents is 1. The third-order valence-electron chi connectivity index (χ3n) is 10.8. The second-order valence-corrected chi connectivity index (χ2v) is 15.1. The van der Waals surface area contributed by atoms with Gasteiger partial charge in [-0.1, -0.05) is 45.0 Å². The van der Waals surface area contributed by atoms with Crippen molar-refractivity contribution in [2.24, 2.45) is 35.3 Å². The molecule has 0 aliphatic heterocycles. The second kappa shape index (κ2) is 11.4. The van der Waals surface area contributed by atoms with Crippen LogP contribution < -0.4 is 11.1 Å². The highest BCUT2D eigenvalue weighted by Crippen LogP contribution is 2.53. The summed E-state index contributed by atoms with van der Waals surface area (Å²) in [6.07, 6.45) is 0.221. The van der Waals surface area contributed by atoms with E-state index in [1.165, 1.54) is 0 Å². The van der Waals surface area contributed by atoms with E-state index in [1.807, 2.05) is 24.3 Å². The summed E-state index contributed by atoms with van der Waals surface area (Å²) < 4.78 is 0. The van der Waals surface area contributed by atoms with E-state index >= 15 is 0 Å². The molecular weight excluding hydrogens is 602 g/mol. The fraction of sp³-hybridized carbons (Fsp3) is 0.528. The van der Waals surface area contributed by atoms with Gasteiger partial charge in [0.2, 0.25) is 11.8 Å². The van der Waals surface area contributed by atoms with Gasteiger partial charge in [-0.05, 0) is 79.4 Å². The summed E-state index contributed by atoms with van der Waals surface area (Å²) in [4.78, 5) is 68.8. The Kier molecular flexibility index (Phi) is 7.97. The molecule has 4 aliphatic rings. The van der Waals surface area contributed by atoms with Gasteiger partial charge in [-0.25, -0.2) is 0 Å². The quantitative estimate of drug-likeness (QED) is 0.291. The Hall–Kier alpha value is -3.93. The predicted molar refractivity (Wildman–Crippen MR) is 171 cm³/mol. The number of aliphatic hydroxyl groups is 2. The van der Waals surface area contributed by atoms with Crippen LogP contribution in [0.3, 0.4) is 0 Å². The first-order chi connectivity index (χ1) is 22.0. The molecule has 6 rings (SSSR count). The van der Waals surface area contributed by atoms with Crippen molar-refractivity contribution < 1.29 is 39.3 Å². The number of amides is 2. The topological polar surface area (TPSA) is 187 Å². The Morgan fingerprint density at radius 1 is 1.06 bits per heavy atom. The molecule has 11 nitrogen and oxygen atoms in total. The van der Waals surface area contributed by atoms with Crippen LogP contribution >= 0.6 is 0 Å². The van der Waals surface area contributed by atoms with Gasteiger partial charge in [0.05, 0.1) is 17.6 Å². The number of nitrogens with two attached hydrogens (primary N) is 1. The lowest BCUT2D eigenvalue weighted by molar-refractivity contribution is -0.190. The molecule has 3 saturated carbocycles. The first kappa shape index (κ1) is 33.0. The van der Waals surface area contributed by atoms with Gasteiger partial charge in [0, 0.05) is 30.0 Å². The van der Waals surface area contributed by atoms with Crippen LogP contribution in [0.5, 0.6) is 5.75 Å². The number of likely N-dealkylation sites (N-methyl/N-ethyl adjacent to an activating group) is 1. The molecule has 7 atom stereocenters. The molecule has 0 heterocycles. The number of primary amides is 1. The van der Waals surface area contributed by atoms with E-state index < -0.39 is 64.7 Å². The highest BCUT2D eigenvalue weighted by Gasteiger charge is 2.69. The second-order valence-electron chi connectivity index (χ2n) is 15.1. The van der Waals surface area contributed by atoms with Crippen LogP contribution in [0.15, 0.2) is 30.3 Å². The van der Waals surface area contributed by atoms with Crippen molar-refractivity contribution in [1.82, 2.24) is 10.2 Å². The number of fused-ring (bicyclic) bond motifs is 3. The summed E-state index contributed by atoms with van der Waals surface area (Å²) in [7, 11) is 3.22. The highest BCUT2D eigenvalue weighted by atomic mass is 16.3. The third-order valence-corrected chi connectivity index (χ3v) is 10.8. The van der Waals surface area contributed by atoms with Crippen LogP contribution in [0, 0.1) is 29.6 Å². The molecule has 3 fully saturated rings. The molecule has 250 valence electrons. The van der Waals surface area contributed by atoms with Crippen LogP contribution in [-0.2, 0) is 37.6 Å². The number of carbonyl (C=O) groups excluding carboxylic acids is 5. The van der Waals surface area contributed by atoms with Crippen molar-refractivity contribution in [1.29, 1.82) is 0 Å². The van der Waals surface area contributed by atoms with Crippen molar-refractivity contribution >= 4 is 29.2 Å². The normalized spacial score (nSPS) is 30.4. The Morgan fingerprint density at radius 3 is 2.26 bits per heavy atom. The molecular formula is C36H43N3O8. The zero-order valence-electron chi connectivity index (χ0n) is 27.4. The number of aromatic hydroxyl groups is 1. The van der Waals surface area contributed by atoms with Crippen molar-refractivity contribution in [3.05, 3.63) is 52.6 Å². The molecule has 0 saturated heterocycles. The largest absolute Gasteiger partial charge is 0.507 e. The lowest BCUT2D eigenvalue weighted by Gasteiger charge is -2.55. The zero-order chi connectivity index (χ0) is 34.3. The van der Waals surface area contributed by atoms with Gasteiger partial charge in [0.25, 0.3) is 0 Å². The molecule has 2 amide bonds. The van der Waals surface area contributed by atoms with Crippen molar-refractivity contribution in [2.75, 3.05) is 14.1 Å². The molecule has 11 heteroatoms. The van der Waals surface area contributed by atoms with Crippen molar-refractivity contribution in [3.63, 3.8) is 0 Å². The summed E-state index contributed by atoms with van der Waals surface area (Å²) in [5, 5.41) is 37.5. The molecule has 4 unspecified atom stereocenters. The smallest absolute Gasteiger partial charge is 0.230 e. The lowest BCUT2D eigenvalue weighted by atomic mass is 9.52. The van der Waals surface area contributed by atoms with Crippen LogP contribution in [0.1, 0.15) is 67.1 Å². The number of rotatable bonds is 6. The minimum absolute atomic E-state index is 0.0254. The van der Waals surface area contributed by atoms with Gasteiger partial charge >= 0.3 is 0 Å². The minimum Gasteiger partial charge on any atom is -0.507 e. The monoisotopic (exact) mass is 645 g/mol. The minimum atomic E-state index is -2.74. The summed E-state index contributed by atoms with van der Waals surface area (Å²) in [6, 6.07) is 8.70. The Bertz CT molecular complexity index is 1690. The fourth-order valence-corrected chi connectivity index (χ4v) is 8.16. The summed E-state index contributed by atoms with van der Waals surface area (Å²) in [5.74, 6) is -9.82. The average molecular weight is 646 g/mol. The zero-order valence-corrected chi connectivity index (χ0v) is 27.4. The van der Waals surface area contributed by atoms with E-state index in [9.17, 15) is 39.3 Å². The number of ketones is 3. The average Bonchev–Trinajstić information content (AvgIpc) is 3.84. The van der Waals surface area contributed by atoms with E-state index in [0.717, 1.165) is 24.0 Å². The number of phenols is 1. The van der Waals surface area contributed by atoms with Gasteiger partial charge in [-0.3, -0.25) is 24.0 Å². The molecule has 47 heavy (non-hydrogen) atoms. The summed E-state index contributed by atoms with van der Waals surface area (Å²) in [6.45, 7) is 6.27. The maximum Gasteiger partial charge on any atom is 0.230 e. The lowest BCUT2D eigenvalue weighted by Crippen LogP contribution is -2.75. The molecule has 2 aromatic rings. The predicted octanol–water partition coefficient (Wildman–Crippen LogP) is 1.65. The fourth-order valence-electron chi connectivity index (χ4n) is 8.16. The number of aliphatic hydroxyl groups excluding tert-OH is 1. The van der Waals surface area contributed by atoms with Crippen LogP contribution in [-0.4, -0.2) is 81.2 Å². The molecule has 2 aromatic carbocycles. The van der Waals surface area contributed by atoms with Gasteiger partial charge in [0.1, 0.15) is 11.7 Å². The number of nitrogens with one attached hydrogen (secondary N) is 1. The summed E-state index contributed by atoms with van der Waals surface area (Å²) >= 11 is 0. The highest BCUT2D eigenvalue weighted by molar-refractivity contribution is 6.25. The Morgan fingerprint density at radius 2 is 1.70 bits per heavy atom. The molecule has 0 aromatic heterocycles. The van der Waals surface area contributed by atoms with Gasteiger partial charge in [-0.2, -0.15) is 0 Å². The number of hydrogen-bond donors (Lipinski definition) is 5. The van der Waals surface area contributed by atoms with E-state index in [4.69, 9.17) is 5.73 Å². The van der Waals surface area contributed by atoms with E-state index in [0.29, 0.717) is 16.7 Å². The third kappa shape index (κ3) is 5.19. The van der Waals surface area contributed by atoms with Crippen LogP contribution in [0.2, 0.25) is 0 Å². The molecule has 0 radical (unpaired) electrons. The van der Waals surface area contributed by atoms with E-state index in [2.05, 4.69) is 26.1 Å². The Labute approximate surface area is 273 Å². The number of carbonyl (C=O) groups is 5. The molecule has 6 N–H and O–H groups in total. The van der Waals surface area contributed by atoms with Crippen LogP contribution in [0.25, 0.3) is 11.1 Å². The van der Waals surface area contributed by atoms with E-state index in [-0.39, 0.29) is 47.9 Å². The van der Waals surface area contributed by atoms with E-state index in [1.54, 1.807) is 25.1 Å². The number of hydrogen-bond acceptors (Lipinski definition) is 9. The molecule has 0 bridgehead atoms. The number of nitrogens with zero attached hydrogens (tertiary/aromatic N) is 1. The van der Waals surface area contributed by atoms with Crippen LogP contribution in [0.4, 0.5) is 0 Å². The molecule has 4 aliphatic carbocycles. The standard InChI is InChI=1S/C36H43N3O8/c1-35(2,3)20-10-8-16(9-11-20)21-13-19(15-38-34(46)17-6-7-17)28(40)25-22(21)12-18-14-23-27(39(4)5)30(42)26(33(37)45)32(44)36(23,47)31(43)24(18)29(25)41/h8-11,13,17-18,23-24,26-27,30,40,42,47H,6-7,12,14-15H2,1-5H3,(H2,37,45)(H,38,46)/t18-,23-,24?,26?,27?,30?,36-/m1/s1. The maximum absolute atomic E-state index is 14.4. The van der Waals surface area contributed by atoms with Crippen molar-refractivity contribution in [3.8, 4) is 16.9 Å². The number of Topliss-reactive ketones (excluding diaryl/α,β-unsaturated/α-hetero) is 3. The summed E-state index contributed by atoms with van der Waals surface area (Å²) in [5.41, 5.74) is 5.96. The van der Waals surface area contributed by atoms with Gasteiger partial charge < -0.3 is 31.3 Å². The Balaban J connectivity index is 1.48. The van der Waals surface area contributed by atoms with Crippen molar-refractivity contribution in [2.45, 2.75) is 76.2 Å². The first-order valence-corrected chi connectivity index (χ1v) is 16.2. The SMILES string of the molecule is CN(C)C1C(O)C(C(N)=O)C(=O)[C@]2(O)C(=O)C3C(=O)c4c(O)c(CNC(=O)C5CC5)cc(-c5ccc(C(C)(C)C)cc5)c4C[C@@H]3C[C@H]12. The molecule has 0 spiro atoms. The van der Waals surface area contributed by atoms with Gasteiger partial charge in [-0.15, -0.1) is 0 Å².